The van der Waals surface area contributed by atoms with Crippen LogP contribution in [0.5, 0.6) is 0 Å². The van der Waals surface area contributed by atoms with Crippen molar-refractivity contribution in [2.45, 2.75) is 11.3 Å². The van der Waals surface area contributed by atoms with Crippen LogP contribution in [0.25, 0.3) is 0 Å². The Bertz CT molecular complexity index is 602. The van der Waals surface area contributed by atoms with Crippen LogP contribution in [-0.2, 0) is 10.1 Å². The second kappa shape index (κ2) is 5.35. The number of fused-ring (bicyclic) bond motifs is 1. The maximum absolute atomic E-state index is 10.7. The third-order valence-electron chi connectivity index (χ3n) is 2.70. The number of nitrogens with zero attached hydrogens (tertiary/aromatic N) is 2. The van der Waals surface area contributed by atoms with E-state index < -0.39 is 15.0 Å². The normalized spacial score (nSPS) is 14.5. The van der Waals surface area contributed by atoms with E-state index in [0.717, 1.165) is 10.6 Å². The number of nitro benzene ring substituents is 1. The summed E-state index contributed by atoms with van der Waals surface area (Å²) in [4.78, 5) is 13.1. The van der Waals surface area contributed by atoms with Gasteiger partial charge in [-0.3, -0.25) is 14.7 Å². The summed E-state index contributed by atoms with van der Waals surface area (Å²) in [6.45, 7) is 0.432. The predicted molar refractivity (Wildman–Crippen MR) is 72.2 cm³/mol. The summed E-state index contributed by atoms with van der Waals surface area (Å²) in [6, 6.07) is 4.64. The minimum Gasteiger partial charge on any atom is -0.361 e. The molecule has 0 atom stereocenters. The Kier molecular flexibility index (Phi) is 3.97. The van der Waals surface area contributed by atoms with Crippen LogP contribution in [0.15, 0.2) is 23.1 Å². The number of non-ortho nitro benzene ring substituents is 1. The lowest BCUT2D eigenvalue weighted by Gasteiger charge is -2.17. The molecule has 0 saturated carbocycles. The third-order valence-corrected chi connectivity index (χ3v) is 4.60. The van der Waals surface area contributed by atoms with Gasteiger partial charge in [-0.25, -0.2) is 0 Å². The Morgan fingerprint density at radius 2 is 2.21 bits per heavy atom. The Morgan fingerprint density at radius 1 is 1.47 bits per heavy atom. The van der Waals surface area contributed by atoms with Crippen molar-refractivity contribution in [1.29, 1.82) is 0 Å². The molecule has 0 radical (unpaired) electrons. The maximum Gasteiger partial charge on any atom is 0.271 e. The van der Waals surface area contributed by atoms with Gasteiger partial charge in [-0.1, -0.05) is 0 Å². The van der Waals surface area contributed by atoms with Gasteiger partial charge in [0.05, 0.1) is 22.2 Å². The van der Waals surface area contributed by atoms with Gasteiger partial charge in [-0.05, 0) is 12.5 Å². The zero-order chi connectivity index (χ0) is 14.0. The van der Waals surface area contributed by atoms with E-state index in [-0.39, 0.29) is 17.9 Å². The number of benzene rings is 1. The Balaban J connectivity index is 2.08. The SMILES string of the molecule is O=[N+]([O-])c1ccc2c(c1)N(CCCS(=O)(=O)O)CS2. The van der Waals surface area contributed by atoms with Gasteiger partial charge < -0.3 is 4.90 Å². The molecular formula is C10H12N2O5S2. The molecule has 0 saturated heterocycles. The topological polar surface area (TPSA) is 101 Å². The molecule has 1 aromatic carbocycles. The van der Waals surface area contributed by atoms with Crippen LogP contribution >= 0.6 is 11.8 Å². The summed E-state index contributed by atoms with van der Waals surface area (Å²) < 4.78 is 29.9. The molecule has 1 N–H and O–H groups in total. The molecule has 0 aliphatic carbocycles. The predicted octanol–water partition coefficient (Wildman–Crippen LogP) is 1.74. The summed E-state index contributed by atoms with van der Waals surface area (Å²) in [5.74, 6) is 0.320. The molecule has 104 valence electrons. The number of hydrogen-bond donors (Lipinski definition) is 1. The smallest absolute Gasteiger partial charge is 0.271 e. The number of rotatable bonds is 5. The minimum atomic E-state index is -3.96. The molecule has 0 aromatic heterocycles. The van der Waals surface area contributed by atoms with Gasteiger partial charge in [0.15, 0.2) is 0 Å². The molecule has 0 unspecified atom stereocenters. The van der Waals surface area contributed by atoms with Gasteiger partial charge >= 0.3 is 0 Å². The molecule has 19 heavy (non-hydrogen) atoms. The van der Waals surface area contributed by atoms with E-state index in [1.54, 1.807) is 17.8 Å². The molecule has 0 spiro atoms. The molecular weight excluding hydrogens is 292 g/mol. The highest BCUT2D eigenvalue weighted by atomic mass is 32.2. The van der Waals surface area contributed by atoms with Crippen molar-refractivity contribution in [2.24, 2.45) is 0 Å². The fourth-order valence-corrected chi connectivity index (χ4v) is 3.39. The lowest BCUT2D eigenvalue weighted by molar-refractivity contribution is -0.384. The van der Waals surface area contributed by atoms with Gasteiger partial charge in [-0.2, -0.15) is 8.42 Å². The zero-order valence-corrected chi connectivity index (χ0v) is 11.5. The zero-order valence-electron chi connectivity index (χ0n) is 9.85. The van der Waals surface area contributed by atoms with Crippen LogP contribution in [0, 0.1) is 10.1 Å². The van der Waals surface area contributed by atoms with Crippen molar-refractivity contribution >= 4 is 33.3 Å². The molecule has 0 amide bonds. The van der Waals surface area contributed by atoms with E-state index in [1.165, 1.54) is 12.1 Å². The number of thioether (sulfide) groups is 1. The highest BCUT2D eigenvalue weighted by Gasteiger charge is 2.22. The second-order valence-corrected chi connectivity index (χ2v) is 6.64. The maximum atomic E-state index is 10.7. The first-order valence-electron chi connectivity index (χ1n) is 5.48. The molecule has 1 heterocycles. The number of hydrogen-bond acceptors (Lipinski definition) is 6. The standard InChI is InChI=1S/C10H12N2O5S2/c13-12(14)8-2-3-10-9(6-8)11(7-18-10)4-1-5-19(15,16)17/h2-3,6H,1,4-5,7H2,(H,15,16,17). The molecule has 0 fully saturated rings. The van der Waals surface area contributed by atoms with Crippen LogP contribution in [0.2, 0.25) is 0 Å². The van der Waals surface area contributed by atoms with E-state index in [9.17, 15) is 18.5 Å². The van der Waals surface area contributed by atoms with E-state index in [1.807, 2.05) is 4.90 Å². The highest BCUT2D eigenvalue weighted by Crippen LogP contribution is 2.40. The van der Waals surface area contributed by atoms with Gasteiger partial charge in [0.1, 0.15) is 0 Å². The summed E-state index contributed by atoms with van der Waals surface area (Å²) in [5.41, 5.74) is 0.760. The van der Waals surface area contributed by atoms with Gasteiger partial charge in [-0.15, -0.1) is 11.8 Å². The van der Waals surface area contributed by atoms with E-state index in [2.05, 4.69) is 0 Å². The summed E-state index contributed by atoms with van der Waals surface area (Å²) in [5, 5.41) is 10.7. The van der Waals surface area contributed by atoms with Crippen molar-refractivity contribution in [3.8, 4) is 0 Å². The molecule has 2 rings (SSSR count). The van der Waals surface area contributed by atoms with Gasteiger partial charge in [0.25, 0.3) is 15.8 Å². The first kappa shape index (κ1) is 14.1. The van der Waals surface area contributed by atoms with Crippen LogP contribution in [0.1, 0.15) is 6.42 Å². The molecule has 9 heteroatoms. The van der Waals surface area contributed by atoms with E-state index in [0.29, 0.717) is 12.4 Å². The van der Waals surface area contributed by atoms with Gasteiger partial charge in [0.2, 0.25) is 0 Å². The highest BCUT2D eigenvalue weighted by molar-refractivity contribution is 7.99. The number of nitro groups is 1. The Morgan fingerprint density at radius 3 is 2.84 bits per heavy atom. The molecule has 0 bridgehead atoms. The van der Waals surface area contributed by atoms with Crippen molar-refractivity contribution in [3.05, 3.63) is 28.3 Å². The molecule has 1 aromatic rings. The number of anilines is 1. The van der Waals surface area contributed by atoms with E-state index >= 15 is 0 Å². The lowest BCUT2D eigenvalue weighted by Crippen LogP contribution is -2.22. The average molecular weight is 304 g/mol. The third kappa shape index (κ3) is 3.58. The van der Waals surface area contributed by atoms with Crippen molar-refractivity contribution in [1.82, 2.24) is 0 Å². The Hall–Kier alpha value is -1.32. The van der Waals surface area contributed by atoms with Crippen molar-refractivity contribution < 1.29 is 17.9 Å². The summed E-state index contributed by atoms with van der Waals surface area (Å²) in [7, 11) is -3.96. The van der Waals surface area contributed by atoms with Crippen molar-refractivity contribution in [2.75, 3.05) is 23.1 Å². The lowest BCUT2D eigenvalue weighted by atomic mass is 10.2. The summed E-state index contributed by atoms with van der Waals surface area (Å²) >= 11 is 1.55. The van der Waals surface area contributed by atoms with E-state index in [4.69, 9.17) is 4.55 Å². The minimum absolute atomic E-state index is 0.0148. The quantitative estimate of drug-likeness (QED) is 0.502. The Labute approximate surface area is 114 Å². The monoisotopic (exact) mass is 304 g/mol. The van der Waals surface area contributed by atoms with Crippen LogP contribution in [0.4, 0.5) is 11.4 Å². The molecule has 1 aliphatic heterocycles. The van der Waals surface area contributed by atoms with Crippen LogP contribution < -0.4 is 4.90 Å². The first-order valence-corrected chi connectivity index (χ1v) is 8.07. The largest absolute Gasteiger partial charge is 0.361 e. The first-order chi connectivity index (χ1) is 8.87. The fraction of sp³-hybridized carbons (Fsp3) is 0.400. The van der Waals surface area contributed by atoms with Gasteiger partial charge in [0, 0.05) is 23.6 Å². The second-order valence-electron chi connectivity index (χ2n) is 4.09. The fourth-order valence-electron chi connectivity index (χ4n) is 1.83. The van der Waals surface area contributed by atoms with Crippen molar-refractivity contribution in [3.63, 3.8) is 0 Å². The van der Waals surface area contributed by atoms with Crippen LogP contribution in [-0.4, -0.2) is 36.1 Å². The average Bonchev–Trinajstić information content (AvgIpc) is 2.70. The molecule has 7 nitrogen and oxygen atoms in total. The molecule has 1 aliphatic rings. The summed E-state index contributed by atoms with van der Waals surface area (Å²) in [6.07, 6.45) is 0.279. The van der Waals surface area contributed by atoms with Crippen LogP contribution in [0.3, 0.4) is 0 Å².